The van der Waals surface area contributed by atoms with E-state index in [-0.39, 0.29) is 30.3 Å². The zero-order chi connectivity index (χ0) is 23.2. The molecule has 0 unspecified atom stereocenters. The zero-order valence-electron chi connectivity index (χ0n) is 17.6. The summed E-state index contributed by atoms with van der Waals surface area (Å²) >= 11 is 0. The number of hydrogen-bond acceptors (Lipinski definition) is 5. The maximum Gasteiger partial charge on any atom is 0.415 e. The van der Waals surface area contributed by atoms with E-state index < -0.39 is 11.0 Å². The van der Waals surface area contributed by atoms with Crippen LogP contribution >= 0.6 is 0 Å². The molecule has 1 aliphatic rings. The van der Waals surface area contributed by atoms with Gasteiger partial charge >= 0.3 is 6.09 Å². The summed E-state index contributed by atoms with van der Waals surface area (Å²) in [7, 11) is 0. The highest BCUT2D eigenvalue weighted by molar-refractivity contribution is 6.15. The van der Waals surface area contributed by atoms with Gasteiger partial charge in [0.2, 0.25) is 0 Å². The molecule has 1 heterocycles. The van der Waals surface area contributed by atoms with Crippen LogP contribution in [0.15, 0.2) is 96.1 Å². The van der Waals surface area contributed by atoms with Crippen molar-refractivity contribution in [2.75, 3.05) is 13.1 Å². The summed E-state index contributed by atoms with van der Waals surface area (Å²) < 4.78 is 5.42. The fourth-order valence-corrected chi connectivity index (χ4v) is 3.47. The standard InChI is InChI=1S/C26H20N2O5/c29-25-21(15-19-7-3-1-4-8-19)17-27(18-22(25)16-20-9-5-2-6-10-20)26(30)33-24-13-11-23(12-14-24)28(31)32/h1-16H,17-18H2/b21-15-,22-16+. The van der Waals surface area contributed by atoms with Gasteiger partial charge in [-0.2, -0.15) is 0 Å². The predicted molar refractivity (Wildman–Crippen MR) is 125 cm³/mol. The lowest BCUT2D eigenvalue weighted by atomic mass is 9.94. The molecule has 0 N–H and O–H groups in total. The highest BCUT2D eigenvalue weighted by Crippen LogP contribution is 2.24. The lowest BCUT2D eigenvalue weighted by molar-refractivity contribution is -0.384. The molecule has 164 valence electrons. The van der Waals surface area contributed by atoms with Crippen LogP contribution in [0.5, 0.6) is 5.75 Å². The average molecular weight is 440 g/mol. The van der Waals surface area contributed by atoms with Gasteiger partial charge < -0.3 is 4.74 Å². The van der Waals surface area contributed by atoms with Crippen molar-refractivity contribution in [3.8, 4) is 5.75 Å². The highest BCUT2D eigenvalue weighted by atomic mass is 16.6. The number of Topliss-reactive ketones (excluding diaryl/α,β-unsaturated/α-hetero) is 1. The van der Waals surface area contributed by atoms with Crippen LogP contribution in [-0.4, -0.2) is 34.8 Å². The van der Waals surface area contributed by atoms with Crippen LogP contribution in [0.25, 0.3) is 12.2 Å². The Morgan fingerprint density at radius 2 is 1.30 bits per heavy atom. The van der Waals surface area contributed by atoms with Gasteiger partial charge in [0.25, 0.3) is 5.69 Å². The minimum absolute atomic E-state index is 0.0890. The van der Waals surface area contributed by atoms with E-state index in [9.17, 15) is 19.7 Å². The van der Waals surface area contributed by atoms with Crippen LogP contribution in [0.4, 0.5) is 10.5 Å². The third kappa shape index (κ3) is 5.40. The Balaban J connectivity index is 1.61. The van der Waals surface area contributed by atoms with Crippen LogP contribution in [-0.2, 0) is 4.79 Å². The van der Waals surface area contributed by atoms with E-state index in [1.165, 1.54) is 29.2 Å². The van der Waals surface area contributed by atoms with Gasteiger partial charge in [0, 0.05) is 23.3 Å². The summed E-state index contributed by atoms with van der Waals surface area (Å²) in [5.41, 5.74) is 2.54. The van der Waals surface area contributed by atoms with Gasteiger partial charge in [0.1, 0.15) is 5.75 Å². The molecule has 33 heavy (non-hydrogen) atoms. The molecule has 7 nitrogen and oxygen atoms in total. The maximum atomic E-state index is 13.2. The lowest BCUT2D eigenvalue weighted by Crippen LogP contribution is -2.43. The molecule has 1 aliphatic heterocycles. The topological polar surface area (TPSA) is 89.8 Å². The number of rotatable bonds is 4. The number of benzene rings is 3. The molecule has 0 aromatic heterocycles. The van der Waals surface area contributed by atoms with Crippen molar-refractivity contribution in [1.29, 1.82) is 0 Å². The summed E-state index contributed by atoms with van der Waals surface area (Å²) in [6, 6.07) is 24.1. The number of ether oxygens (including phenoxy) is 1. The second kappa shape index (κ2) is 9.74. The molecule has 4 rings (SSSR count). The first-order chi connectivity index (χ1) is 16.0. The average Bonchev–Trinajstić information content (AvgIpc) is 2.83. The number of amides is 1. The van der Waals surface area contributed by atoms with Crippen molar-refractivity contribution in [1.82, 2.24) is 4.90 Å². The van der Waals surface area contributed by atoms with Crippen molar-refractivity contribution >= 4 is 29.7 Å². The molecule has 0 aliphatic carbocycles. The molecule has 0 bridgehead atoms. The summed E-state index contributed by atoms with van der Waals surface area (Å²) in [6.45, 7) is 0.178. The Morgan fingerprint density at radius 1 is 0.818 bits per heavy atom. The Bertz CT molecular complexity index is 1170. The van der Waals surface area contributed by atoms with Crippen molar-refractivity contribution in [2.45, 2.75) is 0 Å². The molecule has 0 saturated carbocycles. The fraction of sp³-hybridized carbons (Fsp3) is 0.0769. The van der Waals surface area contributed by atoms with E-state index in [0.717, 1.165) is 11.1 Å². The number of likely N-dealkylation sites (tertiary alicyclic amines) is 1. The maximum absolute atomic E-state index is 13.2. The number of piperidine rings is 1. The van der Waals surface area contributed by atoms with Gasteiger partial charge in [-0.15, -0.1) is 0 Å². The van der Waals surface area contributed by atoms with Gasteiger partial charge in [0.05, 0.1) is 18.0 Å². The van der Waals surface area contributed by atoms with E-state index in [4.69, 9.17) is 4.74 Å². The summed E-state index contributed by atoms with van der Waals surface area (Å²) in [5.74, 6) is 0.0618. The number of carbonyl (C=O) groups is 2. The first-order valence-electron chi connectivity index (χ1n) is 10.3. The number of nitrogens with zero attached hydrogens (tertiary/aromatic N) is 2. The van der Waals surface area contributed by atoms with Crippen LogP contribution in [0.2, 0.25) is 0 Å². The molecule has 0 radical (unpaired) electrons. The largest absolute Gasteiger partial charge is 0.415 e. The second-order valence-electron chi connectivity index (χ2n) is 7.46. The Labute approximate surface area is 190 Å². The van der Waals surface area contributed by atoms with Gasteiger partial charge in [0.15, 0.2) is 5.78 Å². The fourth-order valence-electron chi connectivity index (χ4n) is 3.47. The normalized spacial score (nSPS) is 16.1. The summed E-state index contributed by atoms with van der Waals surface area (Å²) in [5, 5.41) is 10.8. The monoisotopic (exact) mass is 440 g/mol. The second-order valence-corrected chi connectivity index (χ2v) is 7.46. The quantitative estimate of drug-likeness (QED) is 0.318. The van der Waals surface area contributed by atoms with Crippen molar-refractivity contribution in [3.63, 3.8) is 0 Å². The number of nitro groups is 1. The van der Waals surface area contributed by atoms with Crippen LogP contribution in [0.1, 0.15) is 11.1 Å². The van der Waals surface area contributed by atoms with Crippen molar-refractivity contribution in [2.24, 2.45) is 0 Å². The smallest absolute Gasteiger partial charge is 0.410 e. The number of ketones is 1. The van der Waals surface area contributed by atoms with Crippen molar-refractivity contribution < 1.29 is 19.2 Å². The Hall–Kier alpha value is -4.52. The van der Waals surface area contributed by atoms with Crippen molar-refractivity contribution in [3.05, 3.63) is 117 Å². The number of carbonyl (C=O) groups excluding carboxylic acids is 2. The lowest BCUT2D eigenvalue weighted by Gasteiger charge is -2.29. The van der Waals surface area contributed by atoms with E-state index in [2.05, 4.69) is 0 Å². The van der Waals surface area contributed by atoms with E-state index in [0.29, 0.717) is 11.1 Å². The molecule has 3 aromatic carbocycles. The van der Waals surface area contributed by atoms with Crippen LogP contribution in [0, 0.1) is 10.1 Å². The molecular formula is C26H20N2O5. The first-order valence-corrected chi connectivity index (χ1v) is 10.3. The summed E-state index contributed by atoms with van der Waals surface area (Å²) in [4.78, 5) is 37.8. The van der Waals surface area contributed by atoms with Gasteiger partial charge in [-0.05, 0) is 35.4 Å². The SMILES string of the molecule is O=C1/C(=C\c2ccccc2)CN(C(=O)Oc2ccc([N+](=O)[O-])cc2)C/C1=C\c1ccccc1. The van der Waals surface area contributed by atoms with E-state index in [1.54, 1.807) is 12.2 Å². The third-order valence-electron chi connectivity index (χ3n) is 5.10. The van der Waals surface area contributed by atoms with Crippen LogP contribution < -0.4 is 4.74 Å². The van der Waals surface area contributed by atoms with E-state index >= 15 is 0 Å². The molecule has 7 heteroatoms. The highest BCUT2D eigenvalue weighted by Gasteiger charge is 2.30. The van der Waals surface area contributed by atoms with Crippen LogP contribution in [0.3, 0.4) is 0 Å². The van der Waals surface area contributed by atoms with Gasteiger partial charge in [-0.25, -0.2) is 4.79 Å². The molecule has 1 saturated heterocycles. The minimum Gasteiger partial charge on any atom is -0.410 e. The zero-order valence-corrected chi connectivity index (χ0v) is 17.6. The predicted octanol–water partition coefficient (Wildman–Crippen LogP) is 5.15. The third-order valence-corrected chi connectivity index (χ3v) is 5.10. The molecule has 3 aromatic rings. The summed E-state index contributed by atoms with van der Waals surface area (Å²) in [6.07, 6.45) is 2.90. The molecule has 0 atom stereocenters. The van der Waals surface area contributed by atoms with Gasteiger partial charge in [-0.3, -0.25) is 19.8 Å². The molecule has 1 amide bonds. The Morgan fingerprint density at radius 3 is 1.76 bits per heavy atom. The minimum atomic E-state index is -0.644. The molecule has 1 fully saturated rings. The molecular weight excluding hydrogens is 420 g/mol. The number of non-ortho nitro benzene ring substituents is 1. The number of hydrogen-bond donors (Lipinski definition) is 0. The molecule has 0 spiro atoms. The Kier molecular flexibility index (Phi) is 6.40. The van der Waals surface area contributed by atoms with Gasteiger partial charge in [-0.1, -0.05) is 60.7 Å². The number of nitro benzene ring substituents is 1. The van der Waals surface area contributed by atoms with E-state index in [1.807, 2.05) is 60.7 Å². The first kappa shape index (κ1) is 21.7.